The van der Waals surface area contributed by atoms with Gasteiger partial charge in [0, 0.05) is 23.7 Å². The molecule has 1 N–H and O–H groups in total. The normalized spacial score (nSPS) is 12.8. The molecule has 0 aliphatic heterocycles. The van der Waals surface area contributed by atoms with Crippen LogP contribution in [-0.4, -0.2) is 9.97 Å². The molecule has 1 atom stereocenters. The van der Waals surface area contributed by atoms with Gasteiger partial charge in [-0.05, 0) is 17.2 Å². The Morgan fingerprint density at radius 3 is 2.78 bits per heavy atom. The van der Waals surface area contributed by atoms with E-state index in [1.165, 1.54) is 11.1 Å². The van der Waals surface area contributed by atoms with Crippen molar-refractivity contribution in [2.45, 2.75) is 12.8 Å². The SMILES string of the molecule is CC(c1ccccc1)c1c[nH]c2ncc(Cl)cc12. The standard InChI is InChI=1S/C15H13ClN2/c1-10(11-5-3-2-4-6-11)14-9-18-15-13(14)7-12(16)8-17-15/h2-10H,1H3,(H,17,18). The minimum absolute atomic E-state index is 0.320. The van der Waals surface area contributed by atoms with Crippen LogP contribution in [0.15, 0.2) is 48.8 Å². The second-order valence-electron chi connectivity index (χ2n) is 4.43. The van der Waals surface area contributed by atoms with Crippen LogP contribution < -0.4 is 0 Å². The first-order chi connectivity index (χ1) is 8.75. The maximum Gasteiger partial charge on any atom is 0.137 e. The smallest absolute Gasteiger partial charge is 0.137 e. The summed E-state index contributed by atoms with van der Waals surface area (Å²) >= 11 is 6.02. The Bertz CT molecular complexity index is 673. The third-order valence-corrected chi connectivity index (χ3v) is 3.50. The van der Waals surface area contributed by atoms with Gasteiger partial charge in [0.05, 0.1) is 5.02 Å². The van der Waals surface area contributed by atoms with Crippen molar-refractivity contribution >= 4 is 22.6 Å². The van der Waals surface area contributed by atoms with E-state index in [-0.39, 0.29) is 0 Å². The molecule has 0 fully saturated rings. The lowest BCUT2D eigenvalue weighted by Crippen LogP contribution is -1.94. The van der Waals surface area contributed by atoms with Gasteiger partial charge in [0.25, 0.3) is 0 Å². The summed E-state index contributed by atoms with van der Waals surface area (Å²) in [7, 11) is 0. The number of aromatic amines is 1. The van der Waals surface area contributed by atoms with E-state index in [9.17, 15) is 0 Å². The Hall–Kier alpha value is -1.80. The van der Waals surface area contributed by atoms with Crippen LogP contribution in [-0.2, 0) is 0 Å². The summed E-state index contributed by atoms with van der Waals surface area (Å²) in [5, 5.41) is 1.77. The topological polar surface area (TPSA) is 28.7 Å². The molecule has 2 heterocycles. The summed E-state index contributed by atoms with van der Waals surface area (Å²) in [6, 6.07) is 12.4. The summed E-state index contributed by atoms with van der Waals surface area (Å²) in [5.74, 6) is 0.320. The lowest BCUT2D eigenvalue weighted by Gasteiger charge is -2.10. The highest BCUT2D eigenvalue weighted by Crippen LogP contribution is 2.30. The Kier molecular flexibility index (Phi) is 2.80. The lowest BCUT2D eigenvalue weighted by molar-refractivity contribution is 0.932. The van der Waals surface area contributed by atoms with Crippen molar-refractivity contribution in [1.29, 1.82) is 0 Å². The molecule has 1 unspecified atom stereocenters. The average molecular weight is 257 g/mol. The number of rotatable bonds is 2. The van der Waals surface area contributed by atoms with E-state index in [1.54, 1.807) is 6.20 Å². The van der Waals surface area contributed by atoms with Crippen LogP contribution in [0.4, 0.5) is 0 Å². The van der Waals surface area contributed by atoms with Crippen LogP contribution in [0.1, 0.15) is 24.0 Å². The maximum absolute atomic E-state index is 6.02. The van der Waals surface area contributed by atoms with Crippen molar-refractivity contribution in [3.05, 3.63) is 64.9 Å². The number of halogens is 1. The summed E-state index contributed by atoms with van der Waals surface area (Å²) in [4.78, 5) is 7.49. The third kappa shape index (κ3) is 1.89. The minimum atomic E-state index is 0.320. The Labute approximate surface area is 111 Å². The average Bonchev–Trinajstić information content (AvgIpc) is 2.82. The number of fused-ring (bicyclic) bond motifs is 1. The second kappa shape index (κ2) is 4.46. The number of nitrogens with zero attached hydrogens (tertiary/aromatic N) is 1. The van der Waals surface area contributed by atoms with Gasteiger partial charge in [-0.15, -0.1) is 0 Å². The van der Waals surface area contributed by atoms with E-state index in [4.69, 9.17) is 11.6 Å². The molecule has 3 aromatic rings. The largest absolute Gasteiger partial charge is 0.346 e. The highest BCUT2D eigenvalue weighted by atomic mass is 35.5. The molecule has 0 saturated carbocycles. The van der Waals surface area contributed by atoms with Crippen molar-refractivity contribution in [2.24, 2.45) is 0 Å². The van der Waals surface area contributed by atoms with Gasteiger partial charge in [-0.2, -0.15) is 0 Å². The predicted molar refractivity (Wildman–Crippen MR) is 75.1 cm³/mol. The summed E-state index contributed by atoms with van der Waals surface area (Å²) in [6.45, 7) is 2.19. The molecule has 2 aromatic heterocycles. The first-order valence-corrected chi connectivity index (χ1v) is 6.31. The van der Waals surface area contributed by atoms with E-state index in [1.807, 2.05) is 18.3 Å². The molecule has 0 aliphatic carbocycles. The molecule has 0 saturated heterocycles. The fourth-order valence-electron chi connectivity index (χ4n) is 2.28. The zero-order valence-corrected chi connectivity index (χ0v) is 10.8. The van der Waals surface area contributed by atoms with Crippen LogP contribution in [0.25, 0.3) is 11.0 Å². The molecule has 0 radical (unpaired) electrons. The fraction of sp³-hybridized carbons (Fsp3) is 0.133. The molecule has 3 rings (SSSR count). The zero-order valence-electron chi connectivity index (χ0n) is 10.0. The van der Waals surface area contributed by atoms with Gasteiger partial charge < -0.3 is 4.98 Å². The van der Waals surface area contributed by atoms with Crippen LogP contribution in [0.5, 0.6) is 0 Å². The van der Waals surface area contributed by atoms with Crippen LogP contribution in [0.2, 0.25) is 5.02 Å². The van der Waals surface area contributed by atoms with Gasteiger partial charge in [0.1, 0.15) is 5.65 Å². The molecule has 90 valence electrons. The van der Waals surface area contributed by atoms with Crippen molar-refractivity contribution in [1.82, 2.24) is 9.97 Å². The molecule has 0 spiro atoms. The van der Waals surface area contributed by atoms with Crippen molar-refractivity contribution in [3.63, 3.8) is 0 Å². The lowest BCUT2D eigenvalue weighted by atomic mass is 9.93. The molecule has 0 aliphatic rings. The second-order valence-corrected chi connectivity index (χ2v) is 4.86. The molecule has 0 bridgehead atoms. The summed E-state index contributed by atoms with van der Waals surface area (Å²) in [6.07, 6.45) is 3.68. The van der Waals surface area contributed by atoms with Gasteiger partial charge >= 0.3 is 0 Å². The number of hydrogen-bond donors (Lipinski definition) is 1. The Morgan fingerprint density at radius 1 is 1.22 bits per heavy atom. The van der Waals surface area contributed by atoms with Gasteiger partial charge in [-0.25, -0.2) is 4.98 Å². The highest BCUT2D eigenvalue weighted by molar-refractivity contribution is 6.31. The zero-order chi connectivity index (χ0) is 12.5. The van der Waals surface area contributed by atoms with Crippen LogP contribution >= 0.6 is 11.6 Å². The van der Waals surface area contributed by atoms with E-state index >= 15 is 0 Å². The van der Waals surface area contributed by atoms with E-state index in [2.05, 4.69) is 41.2 Å². The van der Waals surface area contributed by atoms with Gasteiger partial charge in [0.15, 0.2) is 0 Å². The van der Waals surface area contributed by atoms with Crippen molar-refractivity contribution in [3.8, 4) is 0 Å². The number of nitrogens with one attached hydrogen (secondary N) is 1. The minimum Gasteiger partial charge on any atom is -0.346 e. The first kappa shape index (κ1) is 11.3. The molecular formula is C15H13ClN2. The van der Waals surface area contributed by atoms with E-state index < -0.39 is 0 Å². The van der Waals surface area contributed by atoms with Crippen molar-refractivity contribution in [2.75, 3.05) is 0 Å². The molecule has 0 amide bonds. The number of aromatic nitrogens is 2. The number of H-pyrrole nitrogens is 1. The first-order valence-electron chi connectivity index (χ1n) is 5.93. The summed E-state index contributed by atoms with van der Waals surface area (Å²) in [5.41, 5.74) is 3.40. The van der Waals surface area contributed by atoms with Crippen LogP contribution in [0, 0.1) is 0 Å². The number of hydrogen-bond acceptors (Lipinski definition) is 1. The maximum atomic E-state index is 6.02. The fourth-order valence-corrected chi connectivity index (χ4v) is 2.44. The van der Waals surface area contributed by atoms with Gasteiger partial charge in [-0.1, -0.05) is 48.9 Å². The molecule has 18 heavy (non-hydrogen) atoms. The highest BCUT2D eigenvalue weighted by Gasteiger charge is 2.13. The van der Waals surface area contributed by atoms with Crippen LogP contribution in [0.3, 0.4) is 0 Å². The summed E-state index contributed by atoms with van der Waals surface area (Å²) < 4.78 is 0. The molecule has 3 heteroatoms. The predicted octanol–water partition coefficient (Wildman–Crippen LogP) is 4.37. The van der Waals surface area contributed by atoms with E-state index in [0.717, 1.165) is 11.0 Å². The number of benzene rings is 1. The quantitative estimate of drug-likeness (QED) is 0.725. The van der Waals surface area contributed by atoms with Gasteiger partial charge in [-0.3, -0.25) is 0 Å². The molecule has 1 aromatic carbocycles. The van der Waals surface area contributed by atoms with Gasteiger partial charge in [0.2, 0.25) is 0 Å². The molecular weight excluding hydrogens is 244 g/mol. The Balaban J connectivity index is 2.12. The number of pyridine rings is 1. The third-order valence-electron chi connectivity index (χ3n) is 3.30. The molecule has 2 nitrogen and oxygen atoms in total. The van der Waals surface area contributed by atoms with E-state index in [0.29, 0.717) is 10.9 Å². The van der Waals surface area contributed by atoms with Crippen molar-refractivity contribution < 1.29 is 0 Å². The monoisotopic (exact) mass is 256 g/mol. The Morgan fingerprint density at radius 2 is 2.00 bits per heavy atom.